The molecule has 0 saturated carbocycles. The van der Waals surface area contributed by atoms with Gasteiger partial charge in [0.05, 0.1) is 12.1 Å². The molecule has 0 spiro atoms. The molecule has 11 heteroatoms. The van der Waals surface area contributed by atoms with Crippen molar-refractivity contribution in [1.82, 2.24) is 15.6 Å². The molecular weight excluding hydrogens is 336 g/mol. The zero-order valence-electron chi connectivity index (χ0n) is 11.0. The van der Waals surface area contributed by atoms with E-state index in [4.69, 9.17) is 16.7 Å². The molecule has 0 aliphatic carbocycles. The summed E-state index contributed by atoms with van der Waals surface area (Å²) in [6.07, 6.45) is -0.136. The standard InChI is InChI=1S/C11H11ClN4O5S/c12-2-6(18)15-11-13-4(3-22-11)1-5(17)14-7-8(10(20)21)16-9(7)19/h3,7-8H,1-2H2,(H,14,17)(H,16,19)(H,20,21)(H,13,15,18). The van der Waals surface area contributed by atoms with Crippen molar-refractivity contribution in [3.63, 3.8) is 0 Å². The number of carbonyl (C=O) groups is 4. The molecule has 2 rings (SSSR count). The molecule has 1 aromatic heterocycles. The highest BCUT2D eigenvalue weighted by Crippen LogP contribution is 2.16. The van der Waals surface area contributed by atoms with Crippen molar-refractivity contribution in [1.29, 1.82) is 0 Å². The first-order valence-corrected chi connectivity index (χ1v) is 7.45. The van der Waals surface area contributed by atoms with Crippen molar-refractivity contribution in [2.75, 3.05) is 11.2 Å². The molecule has 1 fully saturated rings. The van der Waals surface area contributed by atoms with Crippen LogP contribution < -0.4 is 16.0 Å². The lowest BCUT2D eigenvalue weighted by Gasteiger charge is -2.33. The summed E-state index contributed by atoms with van der Waals surface area (Å²) < 4.78 is 0. The molecule has 9 nitrogen and oxygen atoms in total. The Hall–Kier alpha value is -2.20. The second-order valence-corrected chi connectivity index (χ2v) is 5.50. The monoisotopic (exact) mass is 346 g/mol. The molecule has 0 bridgehead atoms. The number of hydrogen-bond acceptors (Lipinski definition) is 6. The van der Waals surface area contributed by atoms with Gasteiger partial charge in [-0.2, -0.15) is 0 Å². The van der Waals surface area contributed by atoms with Gasteiger partial charge in [0.25, 0.3) is 0 Å². The number of anilines is 1. The molecule has 118 valence electrons. The van der Waals surface area contributed by atoms with Gasteiger partial charge in [0, 0.05) is 5.38 Å². The van der Waals surface area contributed by atoms with Crippen molar-refractivity contribution >= 4 is 51.8 Å². The number of aliphatic carboxylic acids is 1. The highest BCUT2D eigenvalue weighted by Gasteiger charge is 2.45. The van der Waals surface area contributed by atoms with Crippen LogP contribution in [0.3, 0.4) is 0 Å². The van der Waals surface area contributed by atoms with E-state index in [0.29, 0.717) is 10.8 Å². The van der Waals surface area contributed by atoms with Crippen molar-refractivity contribution in [3.05, 3.63) is 11.1 Å². The molecule has 3 amide bonds. The molecular formula is C11H11ClN4O5S. The number of carboxylic acid groups (broad SMARTS) is 1. The Balaban J connectivity index is 1.88. The smallest absolute Gasteiger partial charge is 0.328 e. The lowest BCUT2D eigenvalue weighted by atomic mass is 9.99. The minimum absolute atomic E-state index is 0.136. The van der Waals surface area contributed by atoms with Crippen molar-refractivity contribution < 1.29 is 24.3 Å². The number of nitrogens with one attached hydrogen (secondary N) is 3. The fourth-order valence-electron chi connectivity index (χ4n) is 1.72. The zero-order valence-corrected chi connectivity index (χ0v) is 12.5. The fraction of sp³-hybridized carbons (Fsp3) is 0.364. The van der Waals surface area contributed by atoms with E-state index < -0.39 is 35.8 Å². The van der Waals surface area contributed by atoms with Crippen LogP contribution in [0.4, 0.5) is 5.13 Å². The Morgan fingerprint density at radius 3 is 2.73 bits per heavy atom. The predicted molar refractivity (Wildman–Crippen MR) is 76.7 cm³/mol. The van der Waals surface area contributed by atoms with E-state index in [1.807, 2.05) is 0 Å². The van der Waals surface area contributed by atoms with Crippen LogP contribution in [0.15, 0.2) is 5.38 Å². The number of rotatable bonds is 6. The molecule has 2 atom stereocenters. The second kappa shape index (κ2) is 6.71. The number of amides is 3. The van der Waals surface area contributed by atoms with Crippen LogP contribution in [-0.2, 0) is 25.6 Å². The first kappa shape index (κ1) is 16.2. The molecule has 0 aromatic carbocycles. The summed E-state index contributed by atoms with van der Waals surface area (Å²) in [5.74, 6) is -2.92. The van der Waals surface area contributed by atoms with Gasteiger partial charge in [-0.15, -0.1) is 22.9 Å². The summed E-state index contributed by atoms with van der Waals surface area (Å²) in [4.78, 5) is 48.9. The Bertz CT molecular complexity index is 634. The van der Waals surface area contributed by atoms with Gasteiger partial charge >= 0.3 is 5.97 Å². The first-order valence-electron chi connectivity index (χ1n) is 6.03. The number of nitrogens with zero attached hydrogens (tertiary/aromatic N) is 1. The summed E-state index contributed by atoms with van der Waals surface area (Å²) in [7, 11) is 0. The van der Waals surface area contributed by atoms with E-state index in [2.05, 4.69) is 20.9 Å². The largest absolute Gasteiger partial charge is 0.480 e. The van der Waals surface area contributed by atoms with Crippen LogP contribution in [-0.4, -0.2) is 51.7 Å². The number of halogens is 1. The third kappa shape index (κ3) is 3.71. The summed E-state index contributed by atoms with van der Waals surface area (Å²) in [6, 6.07) is -2.20. The van der Waals surface area contributed by atoms with Gasteiger partial charge in [0.15, 0.2) is 11.2 Å². The minimum Gasteiger partial charge on any atom is -0.480 e. The van der Waals surface area contributed by atoms with Gasteiger partial charge in [0.1, 0.15) is 11.9 Å². The van der Waals surface area contributed by atoms with Crippen LogP contribution in [0.25, 0.3) is 0 Å². The van der Waals surface area contributed by atoms with E-state index in [9.17, 15) is 19.2 Å². The van der Waals surface area contributed by atoms with Gasteiger partial charge in [-0.25, -0.2) is 9.78 Å². The molecule has 2 heterocycles. The van der Waals surface area contributed by atoms with Crippen molar-refractivity contribution in [2.24, 2.45) is 0 Å². The van der Waals surface area contributed by atoms with Crippen molar-refractivity contribution in [2.45, 2.75) is 18.5 Å². The molecule has 2 unspecified atom stereocenters. The maximum absolute atomic E-state index is 11.8. The quantitative estimate of drug-likeness (QED) is 0.382. The Kier molecular flexibility index (Phi) is 4.93. The highest BCUT2D eigenvalue weighted by atomic mass is 35.5. The van der Waals surface area contributed by atoms with E-state index >= 15 is 0 Å². The Labute approximate surface area is 133 Å². The van der Waals surface area contributed by atoms with Crippen LogP contribution >= 0.6 is 22.9 Å². The molecule has 1 saturated heterocycles. The van der Waals surface area contributed by atoms with E-state index in [1.165, 1.54) is 0 Å². The number of thiazole rings is 1. The number of aromatic nitrogens is 1. The molecule has 0 radical (unpaired) electrons. The maximum Gasteiger partial charge on any atom is 0.328 e. The zero-order chi connectivity index (χ0) is 16.3. The molecule has 4 N–H and O–H groups in total. The first-order chi connectivity index (χ1) is 10.4. The van der Waals surface area contributed by atoms with Crippen LogP contribution in [0.5, 0.6) is 0 Å². The van der Waals surface area contributed by atoms with E-state index in [-0.39, 0.29) is 12.3 Å². The number of carbonyl (C=O) groups excluding carboxylic acids is 3. The Morgan fingerprint density at radius 1 is 1.41 bits per heavy atom. The third-order valence-corrected chi connectivity index (χ3v) is 3.81. The molecule has 22 heavy (non-hydrogen) atoms. The van der Waals surface area contributed by atoms with E-state index in [1.54, 1.807) is 5.38 Å². The maximum atomic E-state index is 11.8. The number of β-lactam (4-membered cyclic amide) rings is 1. The third-order valence-electron chi connectivity index (χ3n) is 2.76. The van der Waals surface area contributed by atoms with Crippen LogP contribution in [0.2, 0.25) is 0 Å². The average Bonchev–Trinajstić information content (AvgIpc) is 2.88. The topological polar surface area (TPSA) is 137 Å². The van der Waals surface area contributed by atoms with Crippen LogP contribution in [0.1, 0.15) is 5.69 Å². The lowest BCUT2D eigenvalue weighted by molar-refractivity contribution is -0.151. The summed E-state index contributed by atoms with van der Waals surface area (Å²) in [5, 5.41) is 17.6. The average molecular weight is 347 g/mol. The fourth-order valence-corrected chi connectivity index (χ4v) is 2.52. The van der Waals surface area contributed by atoms with Gasteiger partial charge in [-0.1, -0.05) is 0 Å². The molecule has 1 aromatic rings. The summed E-state index contributed by atoms with van der Waals surface area (Å²) >= 11 is 6.47. The SMILES string of the molecule is O=C(CCl)Nc1nc(CC(=O)NC2C(=O)NC2C(=O)O)cs1. The summed E-state index contributed by atoms with van der Waals surface area (Å²) in [6.45, 7) is 0. The van der Waals surface area contributed by atoms with Crippen LogP contribution in [0, 0.1) is 0 Å². The molecule has 1 aliphatic heterocycles. The van der Waals surface area contributed by atoms with Crippen molar-refractivity contribution in [3.8, 4) is 0 Å². The minimum atomic E-state index is -1.22. The van der Waals surface area contributed by atoms with Gasteiger partial charge in [-0.05, 0) is 0 Å². The van der Waals surface area contributed by atoms with E-state index in [0.717, 1.165) is 11.3 Å². The molecule has 1 aliphatic rings. The lowest BCUT2D eigenvalue weighted by Crippen LogP contribution is -2.71. The number of hydrogen-bond donors (Lipinski definition) is 4. The van der Waals surface area contributed by atoms with Gasteiger partial charge in [-0.3, -0.25) is 14.4 Å². The highest BCUT2D eigenvalue weighted by molar-refractivity contribution is 7.14. The summed E-state index contributed by atoms with van der Waals surface area (Å²) in [5.41, 5.74) is 0.388. The second-order valence-electron chi connectivity index (χ2n) is 4.37. The number of alkyl halides is 1. The van der Waals surface area contributed by atoms with Gasteiger partial charge in [0.2, 0.25) is 17.7 Å². The normalized spacial score (nSPS) is 19.8. The Morgan fingerprint density at radius 2 is 2.14 bits per heavy atom. The van der Waals surface area contributed by atoms with Gasteiger partial charge < -0.3 is 21.1 Å². The number of carboxylic acids is 1. The predicted octanol–water partition coefficient (Wildman–Crippen LogP) is -1.07.